The van der Waals surface area contributed by atoms with E-state index >= 15 is 0 Å². The Kier molecular flexibility index (Phi) is 4.96. The molecule has 1 saturated heterocycles. The average molecular weight is 379 g/mol. The van der Waals surface area contributed by atoms with Gasteiger partial charge in [0.05, 0.1) is 0 Å². The number of H-pyrrole nitrogens is 1. The number of piperazine rings is 1. The van der Waals surface area contributed by atoms with Gasteiger partial charge in [0.15, 0.2) is 0 Å². The number of aromatic nitrogens is 1. The summed E-state index contributed by atoms with van der Waals surface area (Å²) in [5, 5.41) is 1.01. The van der Waals surface area contributed by atoms with Crippen molar-refractivity contribution in [1.82, 2.24) is 14.8 Å². The van der Waals surface area contributed by atoms with Gasteiger partial charge >= 0.3 is 0 Å². The molecule has 1 aliphatic heterocycles. The van der Waals surface area contributed by atoms with Gasteiger partial charge in [-0.15, -0.1) is 0 Å². The van der Waals surface area contributed by atoms with Gasteiger partial charge in [-0.2, -0.15) is 0 Å². The summed E-state index contributed by atoms with van der Waals surface area (Å²) in [4.78, 5) is 31.8. The number of nitrogens with one attached hydrogen (secondary N) is 1. The van der Waals surface area contributed by atoms with E-state index < -0.39 is 5.82 Å². The van der Waals surface area contributed by atoms with Gasteiger partial charge in [0.2, 0.25) is 0 Å². The van der Waals surface area contributed by atoms with Gasteiger partial charge in [-0.25, -0.2) is 4.39 Å². The summed E-state index contributed by atoms with van der Waals surface area (Å²) in [5.74, 6) is -0.562. The van der Waals surface area contributed by atoms with Crippen LogP contribution in [-0.4, -0.2) is 46.9 Å². The molecule has 0 atom stereocenters. The first kappa shape index (κ1) is 18.4. The van der Waals surface area contributed by atoms with Crippen LogP contribution in [0.1, 0.15) is 21.5 Å². The molecule has 1 aromatic heterocycles. The number of amides is 1. The average Bonchev–Trinajstić information content (AvgIpc) is 2.69. The predicted octanol–water partition coefficient (Wildman–Crippen LogP) is 2.93. The van der Waals surface area contributed by atoms with Gasteiger partial charge in [-0.3, -0.25) is 14.5 Å². The first-order chi connectivity index (χ1) is 13.5. The molecular formula is C22H22FN3O2. The van der Waals surface area contributed by atoms with Crippen LogP contribution in [0.2, 0.25) is 0 Å². The second-order valence-corrected chi connectivity index (χ2v) is 7.29. The monoisotopic (exact) mass is 379 g/mol. The Bertz CT molecular complexity index is 1080. The van der Waals surface area contributed by atoms with E-state index in [4.69, 9.17) is 0 Å². The van der Waals surface area contributed by atoms with Crippen LogP contribution < -0.4 is 5.56 Å². The van der Waals surface area contributed by atoms with Crippen molar-refractivity contribution in [3.8, 4) is 0 Å². The number of fused-ring (bicyclic) bond motifs is 1. The lowest BCUT2D eigenvalue weighted by atomic mass is 10.1. The number of carbonyl (C=O) groups is 1. The molecule has 0 unspecified atom stereocenters. The summed E-state index contributed by atoms with van der Waals surface area (Å²) in [6.07, 6.45) is 0. The Morgan fingerprint density at radius 2 is 1.86 bits per heavy atom. The highest BCUT2D eigenvalue weighted by Gasteiger charge is 2.23. The van der Waals surface area contributed by atoms with Crippen molar-refractivity contribution in [1.29, 1.82) is 0 Å². The second-order valence-electron chi connectivity index (χ2n) is 7.29. The molecule has 1 fully saturated rings. The van der Waals surface area contributed by atoms with E-state index in [-0.39, 0.29) is 11.5 Å². The van der Waals surface area contributed by atoms with E-state index in [9.17, 15) is 14.0 Å². The number of benzene rings is 2. The van der Waals surface area contributed by atoms with Gasteiger partial charge in [0.25, 0.3) is 11.5 Å². The number of nitrogens with zero attached hydrogens (tertiary/aromatic N) is 2. The highest BCUT2D eigenvalue weighted by Crippen LogP contribution is 2.15. The van der Waals surface area contributed by atoms with Crippen LogP contribution in [0, 0.1) is 12.7 Å². The topological polar surface area (TPSA) is 56.4 Å². The minimum atomic E-state index is -0.407. The van der Waals surface area contributed by atoms with E-state index in [1.54, 1.807) is 17.0 Å². The van der Waals surface area contributed by atoms with Crippen molar-refractivity contribution < 1.29 is 9.18 Å². The molecule has 2 aromatic carbocycles. The van der Waals surface area contributed by atoms with Crippen molar-refractivity contribution in [2.24, 2.45) is 0 Å². The first-order valence-electron chi connectivity index (χ1n) is 9.39. The van der Waals surface area contributed by atoms with Crippen molar-refractivity contribution in [2.45, 2.75) is 13.5 Å². The molecule has 6 heteroatoms. The fourth-order valence-electron chi connectivity index (χ4n) is 3.63. The van der Waals surface area contributed by atoms with Crippen LogP contribution in [0.15, 0.2) is 53.3 Å². The lowest BCUT2D eigenvalue weighted by Gasteiger charge is -2.34. The lowest BCUT2D eigenvalue weighted by Crippen LogP contribution is -2.48. The van der Waals surface area contributed by atoms with Crippen molar-refractivity contribution in [3.05, 3.63) is 81.4 Å². The third kappa shape index (κ3) is 3.82. The molecule has 5 nitrogen and oxygen atoms in total. The number of hydrogen-bond acceptors (Lipinski definition) is 3. The predicted molar refractivity (Wildman–Crippen MR) is 107 cm³/mol. The summed E-state index contributed by atoms with van der Waals surface area (Å²) >= 11 is 0. The number of aromatic amines is 1. The molecule has 4 rings (SSSR count). The van der Waals surface area contributed by atoms with Crippen LogP contribution in [0.4, 0.5) is 4.39 Å². The molecule has 0 spiro atoms. The van der Waals surface area contributed by atoms with Crippen LogP contribution in [0.5, 0.6) is 0 Å². The van der Waals surface area contributed by atoms with E-state index in [0.29, 0.717) is 38.3 Å². The van der Waals surface area contributed by atoms with E-state index in [1.807, 2.05) is 31.2 Å². The molecular weight excluding hydrogens is 357 g/mol. The zero-order valence-electron chi connectivity index (χ0n) is 15.7. The van der Waals surface area contributed by atoms with Gasteiger partial charge in [-0.1, -0.05) is 18.2 Å². The summed E-state index contributed by atoms with van der Waals surface area (Å²) in [6, 6.07) is 13.7. The Labute approximate surface area is 162 Å². The molecule has 0 saturated carbocycles. The fraction of sp³-hybridized carbons (Fsp3) is 0.273. The van der Waals surface area contributed by atoms with Gasteiger partial charge in [-0.05, 0) is 48.2 Å². The maximum Gasteiger partial charge on any atom is 0.254 e. The number of aryl methyl sites for hydroxylation is 1. The molecule has 0 radical (unpaired) electrons. The van der Waals surface area contributed by atoms with Gasteiger partial charge < -0.3 is 9.88 Å². The Balaban J connectivity index is 1.42. The standard InChI is InChI=1S/C22H22FN3O2/c1-15-5-6-16-12-18(21(27)24-20(16)11-15)14-25-7-9-26(10-8-25)22(28)17-3-2-4-19(23)13-17/h2-6,11-13H,7-10,14H2,1H3,(H,24,27). The number of rotatable bonds is 3. The molecule has 3 aromatic rings. The highest BCUT2D eigenvalue weighted by molar-refractivity contribution is 5.94. The molecule has 1 amide bonds. The quantitative estimate of drug-likeness (QED) is 0.761. The van der Waals surface area contributed by atoms with Crippen LogP contribution in [0.3, 0.4) is 0 Å². The Morgan fingerprint density at radius 3 is 2.61 bits per heavy atom. The smallest absolute Gasteiger partial charge is 0.254 e. The van der Waals surface area contributed by atoms with Gasteiger partial charge in [0, 0.05) is 49.4 Å². The van der Waals surface area contributed by atoms with Crippen LogP contribution >= 0.6 is 0 Å². The van der Waals surface area contributed by atoms with Crippen LogP contribution in [0.25, 0.3) is 10.9 Å². The third-order valence-corrected chi connectivity index (χ3v) is 5.20. The number of pyridine rings is 1. The fourth-order valence-corrected chi connectivity index (χ4v) is 3.63. The zero-order valence-corrected chi connectivity index (χ0v) is 15.7. The Morgan fingerprint density at radius 1 is 1.07 bits per heavy atom. The normalized spacial score (nSPS) is 15.1. The van der Waals surface area contributed by atoms with Gasteiger partial charge in [0.1, 0.15) is 5.82 Å². The molecule has 144 valence electrons. The Hall–Kier alpha value is -2.99. The van der Waals surface area contributed by atoms with E-state index in [2.05, 4.69) is 9.88 Å². The van der Waals surface area contributed by atoms with Crippen molar-refractivity contribution in [3.63, 3.8) is 0 Å². The third-order valence-electron chi connectivity index (χ3n) is 5.20. The summed E-state index contributed by atoms with van der Waals surface area (Å²) < 4.78 is 13.4. The molecule has 0 aliphatic carbocycles. The maximum absolute atomic E-state index is 13.4. The number of carbonyl (C=O) groups excluding carboxylic acids is 1. The molecule has 0 bridgehead atoms. The van der Waals surface area contributed by atoms with Crippen molar-refractivity contribution in [2.75, 3.05) is 26.2 Å². The van der Waals surface area contributed by atoms with Crippen molar-refractivity contribution >= 4 is 16.8 Å². The zero-order chi connectivity index (χ0) is 19.7. The highest BCUT2D eigenvalue weighted by atomic mass is 19.1. The second kappa shape index (κ2) is 7.56. The van der Waals surface area contributed by atoms with E-state index in [0.717, 1.165) is 22.0 Å². The minimum Gasteiger partial charge on any atom is -0.336 e. The molecule has 1 aliphatic rings. The molecule has 1 N–H and O–H groups in total. The number of halogens is 1. The molecule has 28 heavy (non-hydrogen) atoms. The minimum absolute atomic E-state index is 0.0728. The summed E-state index contributed by atoms with van der Waals surface area (Å²) in [6.45, 7) is 5.00. The maximum atomic E-state index is 13.4. The summed E-state index contributed by atoms with van der Waals surface area (Å²) in [7, 11) is 0. The largest absolute Gasteiger partial charge is 0.336 e. The first-order valence-corrected chi connectivity index (χ1v) is 9.39. The number of hydrogen-bond donors (Lipinski definition) is 1. The SMILES string of the molecule is Cc1ccc2cc(CN3CCN(C(=O)c4cccc(F)c4)CC3)c(=O)[nH]c2c1. The van der Waals surface area contributed by atoms with E-state index in [1.165, 1.54) is 12.1 Å². The lowest BCUT2D eigenvalue weighted by molar-refractivity contribution is 0.0627. The van der Waals surface area contributed by atoms with Crippen LogP contribution in [-0.2, 0) is 6.54 Å². The molecule has 2 heterocycles. The summed E-state index contributed by atoms with van der Waals surface area (Å²) in [5.41, 5.74) is 2.97.